The van der Waals surface area contributed by atoms with E-state index in [9.17, 15) is 27.7 Å². The van der Waals surface area contributed by atoms with Crippen LogP contribution in [-0.2, 0) is 0 Å². The van der Waals surface area contributed by atoms with Crippen LogP contribution in [0.4, 0.5) is 40.3 Å². The van der Waals surface area contributed by atoms with Crippen LogP contribution in [0.1, 0.15) is 40.5 Å². The third-order valence-electron chi connectivity index (χ3n) is 6.62. The molecule has 0 radical (unpaired) electrons. The van der Waals surface area contributed by atoms with Crippen LogP contribution in [-0.4, -0.2) is 31.1 Å². The van der Waals surface area contributed by atoms with Crippen molar-refractivity contribution < 1.29 is 22.5 Å². The molecule has 2 aromatic rings. The number of non-ortho nitro benzene ring substituents is 1. The highest BCUT2D eigenvalue weighted by atomic mass is 19.1. The lowest BCUT2D eigenvalue weighted by atomic mass is 9.91. The largest absolute Gasteiger partial charge is 0.399 e. The van der Waals surface area contributed by atoms with E-state index in [0.717, 1.165) is 25.0 Å². The number of benzene rings is 2. The first-order valence-corrected chi connectivity index (χ1v) is 12.2. The predicted octanol–water partition coefficient (Wildman–Crippen LogP) is 6.38. The van der Waals surface area contributed by atoms with Crippen molar-refractivity contribution >= 4 is 22.7 Å². The highest BCUT2D eigenvalue weighted by Crippen LogP contribution is 2.33. The maximum Gasteiger partial charge on any atom is 0.275 e. The number of hydrogen-bond donors (Lipinski definition) is 1. The molecular weight excluding hydrogens is 476 g/mol. The predicted molar refractivity (Wildman–Crippen MR) is 134 cm³/mol. The number of nitrogens with zero attached hydrogens (tertiary/aromatic N) is 3. The summed E-state index contributed by atoms with van der Waals surface area (Å²) >= 11 is 0. The number of anilines is 3. The van der Waals surface area contributed by atoms with Gasteiger partial charge in [0.1, 0.15) is 11.4 Å². The Hall–Kier alpha value is -3.04. The van der Waals surface area contributed by atoms with Gasteiger partial charge in [-0.1, -0.05) is 27.7 Å². The average molecular weight is 511 g/mol. The topological polar surface area (TPSA) is 75.6 Å². The molecule has 198 valence electrons. The standard InChI is InChI=1S/C13H16F2N2O2.C13H18F2N2/c1-8-3-9(2)7-16(6-8)13-11(14)4-10(17(18)19)5-12(13)15;1-8-3-9(2)7-17(6-8)13-11(14)4-10(16)5-12(13)15/h4-5,8-9H,3,6-7H2,1-2H3;4-5,8-9H,3,6-7,16H2,1-2H3. The summed E-state index contributed by atoms with van der Waals surface area (Å²) in [5.74, 6) is -1.27. The number of halogens is 4. The number of nitro benzene ring substituents is 1. The van der Waals surface area contributed by atoms with Crippen molar-refractivity contribution in [3.05, 3.63) is 57.6 Å². The minimum atomic E-state index is -0.868. The summed E-state index contributed by atoms with van der Waals surface area (Å²) in [6.07, 6.45) is 2.13. The van der Waals surface area contributed by atoms with Gasteiger partial charge in [-0.3, -0.25) is 10.1 Å². The molecule has 0 aromatic heterocycles. The second-order valence-electron chi connectivity index (χ2n) is 10.6. The van der Waals surface area contributed by atoms with Crippen LogP contribution >= 0.6 is 0 Å². The second-order valence-corrected chi connectivity index (χ2v) is 10.6. The Bertz CT molecular complexity index is 1030. The normalized spacial score (nSPS) is 24.2. The molecule has 0 bridgehead atoms. The van der Waals surface area contributed by atoms with Crippen LogP contribution in [0, 0.1) is 57.1 Å². The summed E-state index contributed by atoms with van der Waals surface area (Å²) in [5.41, 5.74) is 4.90. The fourth-order valence-electron chi connectivity index (χ4n) is 5.54. The summed E-state index contributed by atoms with van der Waals surface area (Å²) in [4.78, 5) is 13.2. The van der Waals surface area contributed by atoms with Gasteiger partial charge in [0.15, 0.2) is 23.3 Å². The zero-order valence-electron chi connectivity index (χ0n) is 21.1. The van der Waals surface area contributed by atoms with Crippen molar-refractivity contribution in [1.82, 2.24) is 0 Å². The first-order valence-electron chi connectivity index (χ1n) is 12.2. The Labute approximate surface area is 209 Å². The summed E-state index contributed by atoms with van der Waals surface area (Å²) in [5, 5.41) is 10.6. The van der Waals surface area contributed by atoms with Crippen molar-refractivity contribution in [1.29, 1.82) is 0 Å². The molecule has 0 spiro atoms. The van der Waals surface area contributed by atoms with E-state index in [1.807, 2.05) is 13.8 Å². The van der Waals surface area contributed by atoms with Crippen molar-refractivity contribution in [3.63, 3.8) is 0 Å². The minimum absolute atomic E-state index is 0.0672. The molecular formula is C26H34F4N4O2. The highest BCUT2D eigenvalue weighted by Gasteiger charge is 2.28. The van der Waals surface area contributed by atoms with Gasteiger partial charge >= 0.3 is 0 Å². The maximum absolute atomic E-state index is 13.9. The zero-order chi connectivity index (χ0) is 26.7. The van der Waals surface area contributed by atoms with E-state index in [1.54, 1.807) is 9.80 Å². The van der Waals surface area contributed by atoms with E-state index in [4.69, 9.17) is 5.73 Å². The molecule has 6 nitrogen and oxygen atoms in total. The minimum Gasteiger partial charge on any atom is -0.399 e. The second kappa shape index (κ2) is 11.3. The van der Waals surface area contributed by atoms with Gasteiger partial charge in [-0.05, 0) is 48.6 Å². The van der Waals surface area contributed by atoms with Gasteiger partial charge in [-0.15, -0.1) is 0 Å². The summed E-state index contributed by atoms with van der Waals surface area (Å²) in [7, 11) is 0. The molecule has 2 N–H and O–H groups in total. The number of piperidine rings is 2. The SMILES string of the molecule is CC1CC(C)CN(c2c(F)cc(N)cc2F)C1.CC1CC(C)CN(c2c(F)cc([N+](=O)[O-])cc2F)C1. The van der Waals surface area contributed by atoms with E-state index >= 15 is 0 Å². The smallest absolute Gasteiger partial charge is 0.275 e. The summed E-state index contributed by atoms with van der Waals surface area (Å²) in [6, 6.07) is 3.93. The molecule has 2 heterocycles. The molecule has 4 atom stereocenters. The fourth-order valence-corrected chi connectivity index (χ4v) is 5.54. The first kappa shape index (κ1) is 27.5. The molecule has 0 aliphatic carbocycles. The van der Waals surface area contributed by atoms with Crippen LogP contribution in [0.15, 0.2) is 24.3 Å². The molecule has 4 unspecified atom stereocenters. The third-order valence-corrected chi connectivity index (χ3v) is 6.62. The van der Waals surface area contributed by atoms with Crippen molar-refractivity contribution in [2.45, 2.75) is 40.5 Å². The molecule has 0 saturated carbocycles. The summed E-state index contributed by atoms with van der Waals surface area (Å²) in [6.45, 7) is 10.8. The van der Waals surface area contributed by atoms with E-state index in [0.29, 0.717) is 49.9 Å². The van der Waals surface area contributed by atoms with E-state index < -0.39 is 33.9 Å². The Morgan fingerprint density at radius 3 is 1.33 bits per heavy atom. The third kappa shape index (κ3) is 6.59. The van der Waals surface area contributed by atoms with Gasteiger partial charge in [-0.25, -0.2) is 17.6 Å². The van der Waals surface area contributed by atoms with Crippen LogP contribution in [0.5, 0.6) is 0 Å². The van der Waals surface area contributed by atoms with Crippen molar-refractivity contribution in [3.8, 4) is 0 Å². The van der Waals surface area contributed by atoms with E-state index in [1.165, 1.54) is 12.1 Å². The maximum atomic E-state index is 13.9. The summed E-state index contributed by atoms with van der Waals surface area (Å²) < 4.78 is 55.4. The Morgan fingerprint density at radius 1 is 0.722 bits per heavy atom. The quantitative estimate of drug-likeness (QED) is 0.224. The number of rotatable bonds is 3. The fraction of sp³-hybridized carbons (Fsp3) is 0.538. The lowest BCUT2D eigenvalue weighted by molar-refractivity contribution is -0.385. The van der Waals surface area contributed by atoms with Crippen LogP contribution in [0.3, 0.4) is 0 Å². The molecule has 2 aromatic carbocycles. The molecule has 2 aliphatic heterocycles. The van der Waals surface area contributed by atoms with Gasteiger partial charge in [0, 0.05) is 31.9 Å². The lowest BCUT2D eigenvalue weighted by Crippen LogP contribution is -2.39. The molecule has 2 saturated heterocycles. The average Bonchev–Trinajstić information content (AvgIpc) is 2.71. The van der Waals surface area contributed by atoms with Gasteiger partial charge in [0.05, 0.1) is 17.1 Å². The molecule has 0 amide bonds. The highest BCUT2D eigenvalue weighted by molar-refractivity contribution is 5.56. The number of hydrogen-bond acceptors (Lipinski definition) is 5. The Kier molecular flexibility index (Phi) is 8.68. The van der Waals surface area contributed by atoms with E-state index in [2.05, 4.69) is 13.8 Å². The van der Waals surface area contributed by atoms with Gasteiger partial charge in [0.2, 0.25) is 0 Å². The van der Waals surface area contributed by atoms with Crippen LogP contribution < -0.4 is 15.5 Å². The molecule has 2 aliphatic rings. The molecule has 36 heavy (non-hydrogen) atoms. The van der Waals surface area contributed by atoms with Crippen LogP contribution in [0.2, 0.25) is 0 Å². The van der Waals surface area contributed by atoms with Crippen LogP contribution in [0.25, 0.3) is 0 Å². The first-order chi connectivity index (χ1) is 16.8. The van der Waals surface area contributed by atoms with Gasteiger partial charge in [0.25, 0.3) is 5.69 Å². The molecule has 10 heteroatoms. The van der Waals surface area contributed by atoms with Crippen molar-refractivity contribution in [2.24, 2.45) is 23.7 Å². The molecule has 4 rings (SSSR count). The Morgan fingerprint density at radius 2 is 1.03 bits per heavy atom. The van der Waals surface area contributed by atoms with Gasteiger partial charge in [-0.2, -0.15) is 0 Å². The monoisotopic (exact) mass is 510 g/mol. The number of nitrogens with two attached hydrogens (primary N) is 1. The van der Waals surface area contributed by atoms with Crippen molar-refractivity contribution in [2.75, 3.05) is 41.7 Å². The van der Waals surface area contributed by atoms with E-state index in [-0.39, 0.29) is 17.1 Å². The lowest BCUT2D eigenvalue weighted by Gasteiger charge is -2.36. The Balaban J connectivity index is 0.000000202. The number of nitro groups is 1. The zero-order valence-corrected chi connectivity index (χ0v) is 21.1. The molecule has 2 fully saturated rings. The number of nitrogen functional groups attached to an aromatic ring is 1. The van der Waals surface area contributed by atoms with Gasteiger partial charge < -0.3 is 15.5 Å².